The summed E-state index contributed by atoms with van der Waals surface area (Å²) < 4.78 is 5.20. The molecule has 0 saturated heterocycles. The predicted octanol–water partition coefficient (Wildman–Crippen LogP) is 1.84. The zero-order valence-electron chi connectivity index (χ0n) is 9.48. The fourth-order valence-corrected chi connectivity index (χ4v) is 1.96. The van der Waals surface area contributed by atoms with Gasteiger partial charge >= 0.3 is 0 Å². The molecule has 0 radical (unpaired) electrons. The first-order chi connectivity index (χ1) is 7.79. The van der Waals surface area contributed by atoms with Gasteiger partial charge in [0.1, 0.15) is 0 Å². The van der Waals surface area contributed by atoms with Gasteiger partial charge in [0.05, 0.1) is 6.10 Å². The van der Waals surface area contributed by atoms with Crippen LogP contribution < -0.4 is 5.32 Å². The molecule has 1 aliphatic carbocycles. The summed E-state index contributed by atoms with van der Waals surface area (Å²) in [6.45, 7) is 0.758. The topological polar surface area (TPSA) is 38.3 Å². The summed E-state index contributed by atoms with van der Waals surface area (Å²) in [6.07, 6.45) is 2.52. The molecule has 1 N–H and O–H groups in total. The number of methoxy groups -OCH3 is 1. The van der Waals surface area contributed by atoms with Gasteiger partial charge in [0, 0.05) is 19.2 Å². The molecule has 0 aliphatic heterocycles. The van der Waals surface area contributed by atoms with Crippen molar-refractivity contribution in [3.05, 3.63) is 35.9 Å². The average Bonchev–Trinajstić information content (AvgIpc) is 2.28. The highest BCUT2D eigenvalue weighted by atomic mass is 16.5. The second kappa shape index (κ2) is 5.12. The Balaban J connectivity index is 1.73. The Hall–Kier alpha value is -1.35. The van der Waals surface area contributed by atoms with Crippen molar-refractivity contribution >= 4 is 5.91 Å². The van der Waals surface area contributed by atoms with Crippen molar-refractivity contribution in [1.82, 2.24) is 5.32 Å². The lowest BCUT2D eigenvalue weighted by Crippen LogP contribution is -2.39. The smallest absolute Gasteiger partial charge is 0.251 e. The first kappa shape index (κ1) is 11.1. The molecular weight excluding hydrogens is 202 g/mol. The van der Waals surface area contributed by atoms with Gasteiger partial charge in [-0.3, -0.25) is 4.79 Å². The Morgan fingerprint density at radius 3 is 2.69 bits per heavy atom. The summed E-state index contributed by atoms with van der Waals surface area (Å²) in [4.78, 5) is 11.7. The first-order valence-electron chi connectivity index (χ1n) is 5.65. The summed E-state index contributed by atoms with van der Waals surface area (Å²) in [5.41, 5.74) is 0.727. The normalized spacial score (nSPS) is 23.6. The van der Waals surface area contributed by atoms with E-state index in [0.29, 0.717) is 12.0 Å². The van der Waals surface area contributed by atoms with Crippen molar-refractivity contribution in [1.29, 1.82) is 0 Å². The maximum absolute atomic E-state index is 11.7. The average molecular weight is 219 g/mol. The maximum Gasteiger partial charge on any atom is 0.251 e. The molecule has 1 aliphatic rings. The third kappa shape index (κ3) is 2.61. The number of ether oxygens (including phenoxy) is 1. The van der Waals surface area contributed by atoms with Crippen LogP contribution in [-0.4, -0.2) is 25.7 Å². The van der Waals surface area contributed by atoms with Gasteiger partial charge in [0.25, 0.3) is 5.91 Å². The second-order valence-corrected chi connectivity index (χ2v) is 4.27. The standard InChI is InChI=1S/C13H17NO2/c1-16-12-7-10(8-12)9-14-13(15)11-5-3-2-4-6-11/h2-6,10,12H,7-9H2,1H3,(H,14,15). The number of carbonyl (C=O) groups is 1. The lowest BCUT2D eigenvalue weighted by molar-refractivity contribution is 0.00179. The lowest BCUT2D eigenvalue weighted by atomic mass is 9.82. The van der Waals surface area contributed by atoms with Crippen molar-refractivity contribution in [3.63, 3.8) is 0 Å². The molecule has 0 spiro atoms. The molecule has 86 valence electrons. The van der Waals surface area contributed by atoms with E-state index in [1.54, 1.807) is 7.11 Å². The molecule has 0 unspecified atom stereocenters. The van der Waals surface area contributed by atoms with Gasteiger partial charge in [-0.2, -0.15) is 0 Å². The largest absolute Gasteiger partial charge is 0.381 e. The molecule has 1 saturated carbocycles. The van der Waals surface area contributed by atoms with Crippen LogP contribution in [0, 0.1) is 5.92 Å². The SMILES string of the molecule is COC1CC(CNC(=O)c2ccccc2)C1. The van der Waals surface area contributed by atoms with E-state index in [1.165, 1.54) is 0 Å². The summed E-state index contributed by atoms with van der Waals surface area (Å²) in [5.74, 6) is 0.596. The molecule has 1 fully saturated rings. The fourth-order valence-electron chi connectivity index (χ4n) is 1.96. The molecule has 3 nitrogen and oxygen atoms in total. The minimum atomic E-state index is 0.0152. The molecular formula is C13H17NO2. The van der Waals surface area contributed by atoms with Crippen LogP contribution in [0.4, 0.5) is 0 Å². The summed E-state index contributed by atoms with van der Waals surface area (Å²) >= 11 is 0. The summed E-state index contributed by atoms with van der Waals surface area (Å²) in [5, 5.41) is 2.95. The van der Waals surface area contributed by atoms with Crippen molar-refractivity contribution in [3.8, 4) is 0 Å². The monoisotopic (exact) mass is 219 g/mol. The van der Waals surface area contributed by atoms with Gasteiger partial charge < -0.3 is 10.1 Å². The molecule has 1 aromatic rings. The van der Waals surface area contributed by atoms with E-state index in [-0.39, 0.29) is 5.91 Å². The highest BCUT2D eigenvalue weighted by Crippen LogP contribution is 2.28. The van der Waals surface area contributed by atoms with Gasteiger partial charge in [-0.05, 0) is 30.9 Å². The molecule has 0 atom stereocenters. The first-order valence-corrected chi connectivity index (χ1v) is 5.65. The third-order valence-corrected chi connectivity index (χ3v) is 3.11. The molecule has 1 aromatic carbocycles. The van der Waals surface area contributed by atoms with Crippen LogP contribution in [0.25, 0.3) is 0 Å². The van der Waals surface area contributed by atoms with Crippen LogP contribution in [0.2, 0.25) is 0 Å². The van der Waals surface area contributed by atoms with Crippen LogP contribution in [0.5, 0.6) is 0 Å². The van der Waals surface area contributed by atoms with Crippen LogP contribution in [0.15, 0.2) is 30.3 Å². The molecule has 0 bridgehead atoms. The van der Waals surface area contributed by atoms with Gasteiger partial charge in [-0.1, -0.05) is 18.2 Å². The van der Waals surface area contributed by atoms with Crippen molar-refractivity contribution < 1.29 is 9.53 Å². The Kier molecular flexibility index (Phi) is 3.57. The highest BCUT2D eigenvalue weighted by molar-refractivity contribution is 5.94. The number of nitrogens with one attached hydrogen (secondary N) is 1. The quantitative estimate of drug-likeness (QED) is 0.839. The molecule has 0 heterocycles. The Bertz CT molecular complexity index is 344. The molecule has 16 heavy (non-hydrogen) atoms. The Morgan fingerprint density at radius 2 is 2.06 bits per heavy atom. The van der Waals surface area contributed by atoms with Crippen LogP contribution in [-0.2, 0) is 4.74 Å². The zero-order chi connectivity index (χ0) is 11.4. The number of benzene rings is 1. The van der Waals surface area contributed by atoms with Crippen molar-refractivity contribution in [2.45, 2.75) is 18.9 Å². The predicted molar refractivity (Wildman–Crippen MR) is 62.3 cm³/mol. The van der Waals surface area contributed by atoms with E-state index in [9.17, 15) is 4.79 Å². The van der Waals surface area contributed by atoms with E-state index >= 15 is 0 Å². The lowest BCUT2D eigenvalue weighted by Gasteiger charge is -2.34. The van der Waals surface area contributed by atoms with E-state index in [2.05, 4.69) is 5.32 Å². The maximum atomic E-state index is 11.7. The number of amides is 1. The summed E-state index contributed by atoms with van der Waals surface area (Å²) in [7, 11) is 1.74. The van der Waals surface area contributed by atoms with Crippen LogP contribution in [0.3, 0.4) is 0 Å². The van der Waals surface area contributed by atoms with Crippen LogP contribution >= 0.6 is 0 Å². The van der Waals surface area contributed by atoms with Crippen molar-refractivity contribution in [2.24, 2.45) is 5.92 Å². The number of hydrogen-bond acceptors (Lipinski definition) is 2. The van der Waals surface area contributed by atoms with E-state index < -0.39 is 0 Å². The fraction of sp³-hybridized carbons (Fsp3) is 0.462. The highest BCUT2D eigenvalue weighted by Gasteiger charge is 2.28. The van der Waals surface area contributed by atoms with E-state index in [1.807, 2.05) is 30.3 Å². The molecule has 0 aromatic heterocycles. The van der Waals surface area contributed by atoms with Gasteiger partial charge in [-0.25, -0.2) is 0 Å². The van der Waals surface area contributed by atoms with E-state index in [0.717, 1.165) is 24.9 Å². The molecule has 1 amide bonds. The zero-order valence-corrected chi connectivity index (χ0v) is 9.48. The summed E-state index contributed by atoms with van der Waals surface area (Å²) in [6, 6.07) is 9.31. The number of hydrogen-bond donors (Lipinski definition) is 1. The van der Waals surface area contributed by atoms with E-state index in [4.69, 9.17) is 4.74 Å². The van der Waals surface area contributed by atoms with Gasteiger partial charge in [0.2, 0.25) is 0 Å². The Labute approximate surface area is 95.8 Å². The van der Waals surface area contributed by atoms with Crippen molar-refractivity contribution in [2.75, 3.05) is 13.7 Å². The molecule has 2 rings (SSSR count). The second-order valence-electron chi connectivity index (χ2n) is 4.27. The van der Waals surface area contributed by atoms with Gasteiger partial charge in [-0.15, -0.1) is 0 Å². The minimum Gasteiger partial charge on any atom is -0.381 e. The number of carbonyl (C=O) groups excluding carboxylic acids is 1. The van der Waals surface area contributed by atoms with Gasteiger partial charge in [0.15, 0.2) is 0 Å². The Morgan fingerprint density at radius 1 is 1.38 bits per heavy atom. The van der Waals surface area contributed by atoms with Crippen LogP contribution in [0.1, 0.15) is 23.2 Å². The number of rotatable bonds is 4. The molecule has 3 heteroatoms. The minimum absolute atomic E-state index is 0.0152. The third-order valence-electron chi connectivity index (χ3n) is 3.11.